The summed E-state index contributed by atoms with van der Waals surface area (Å²) in [4.78, 5) is 15.4. The molecule has 0 aliphatic rings. The zero-order valence-electron chi connectivity index (χ0n) is 19.5. The summed E-state index contributed by atoms with van der Waals surface area (Å²) >= 11 is 0. The van der Waals surface area contributed by atoms with E-state index in [0.717, 1.165) is 31.7 Å². The van der Waals surface area contributed by atoms with E-state index in [-0.39, 0.29) is 16.5 Å². The van der Waals surface area contributed by atoms with E-state index < -0.39 is 0 Å². The van der Waals surface area contributed by atoms with E-state index in [2.05, 4.69) is 86.0 Å². The number of non-ortho nitro benzene ring substituents is 1. The number of nitrogens with zero attached hydrogens (tertiary/aromatic N) is 3. The fourth-order valence-corrected chi connectivity index (χ4v) is 4.30. The molecule has 0 aliphatic heterocycles. The maximum atomic E-state index is 11.1. The zero-order valence-corrected chi connectivity index (χ0v) is 19.5. The number of nitro benzene ring substituents is 1. The van der Waals surface area contributed by atoms with Crippen molar-refractivity contribution in [1.82, 2.24) is 0 Å². The van der Waals surface area contributed by atoms with Gasteiger partial charge in [0.25, 0.3) is 5.69 Å². The van der Waals surface area contributed by atoms with Gasteiger partial charge in [0.2, 0.25) is 0 Å². The minimum atomic E-state index is -0.351. The molecular formula is C27H33N3O2. The molecule has 0 aliphatic carbocycles. The highest BCUT2D eigenvalue weighted by Gasteiger charge is 2.19. The van der Waals surface area contributed by atoms with E-state index in [4.69, 9.17) is 0 Å². The Kier molecular flexibility index (Phi) is 7.87. The molecule has 0 saturated carbocycles. The average molecular weight is 432 g/mol. The van der Waals surface area contributed by atoms with Crippen LogP contribution >= 0.6 is 0 Å². The Hall–Kier alpha value is -3.34. The van der Waals surface area contributed by atoms with Crippen LogP contribution in [-0.4, -0.2) is 31.1 Å². The van der Waals surface area contributed by atoms with Crippen LogP contribution in [0.5, 0.6) is 0 Å². The molecule has 0 bridgehead atoms. The number of anilines is 2. The number of nitro groups is 1. The highest BCUT2D eigenvalue weighted by Crippen LogP contribution is 2.34. The lowest BCUT2D eigenvalue weighted by atomic mass is 9.85. The lowest BCUT2D eigenvalue weighted by molar-refractivity contribution is -0.384. The first kappa shape index (κ1) is 23.3. The Morgan fingerprint density at radius 1 is 0.625 bits per heavy atom. The lowest BCUT2D eigenvalue weighted by Crippen LogP contribution is -2.21. The fraction of sp³-hybridized carbons (Fsp3) is 0.333. The first-order chi connectivity index (χ1) is 15.5. The minimum Gasteiger partial charge on any atom is -0.372 e. The van der Waals surface area contributed by atoms with Crippen LogP contribution in [0.4, 0.5) is 17.1 Å². The van der Waals surface area contributed by atoms with Gasteiger partial charge in [-0.1, -0.05) is 36.4 Å². The molecule has 3 aromatic rings. The number of rotatable bonds is 10. The van der Waals surface area contributed by atoms with Crippen molar-refractivity contribution in [3.05, 3.63) is 99.6 Å². The van der Waals surface area contributed by atoms with E-state index in [1.165, 1.54) is 22.5 Å². The number of benzene rings is 3. The Bertz CT molecular complexity index is 935. The van der Waals surface area contributed by atoms with Crippen molar-refractivity contribution in [3.63, 3.8) is 0 Å². The minimum absolute atomic E-state index is 0.00677. The Labute approximate surface area is 191 Å². The van der Waals surface area contributed by atoms with Gasteiger partial charge in [-0.2, -0.15) is 0 Å². The summed E-state index contributed by atoms with van der Waals surface area (Å²) in [6.07, 6.45) is 0. The average Bonchev–Trinajstić information content (AvgIpc) is 2.83. The molecule has 5 nitrogen and oxygen atoms in total. The summed E-state index contributed by atoms with van der Waals surface area (Å²) in [5.74, 6) is 0.00677. The van der Waals surface area contributed by atoms with Crippen LogP contribution < -0.4 is 9.80 Å². The molecule has 0 radical (unpaired) electrons. The van der Waals surface area contributed by atoms with Gasteiger partial charge in [0.05, 0.1) is 4.92 Å². The lowest BCUT2D eigenvalue weighted by Gasteiger charge is -2.24. The van der Waals surface area contributed by atoms with Crippen molar-refractivity contribution in [2.24, 2.45) is 0 Å². The van der Waals surface area contributed by atoms with E-state index in [1.807, 2.05) is 12.1 Å². The first-order valence-corrected chi connectivity index (χ1v) is 11.5. The molecule has 3 rings (SSSR count). The summed E-state index contributed by atoms with van der Waals surface area (Å²) in [6.45, 7) is 12.5. The zero-order chi connectivity index (χ0) is 23.1. The predicted molar refractivity (Wildman–Crippen MR) is 134 cm³/mol. The second kappa shape index (κ2) is 10.8. The summed E-state index contributed by atoms with van der Waals surface area (Å²) in [7, 11) is 0. The van der Waals surface area contributed by atoms with Crippen LogP contribution in [0.3, 0.4) is 0 Å². The molecule has 0 N–H and O–H groups in total. The molecule has 5 heteroatoms. The van der Waals surface area contributed by atoms with Crippen LogP contribution in [0, 0.1) is 10.1 Å². The largest absolute Gasteiger partial charge is 0.372 e. The molecule has 0 aromatic heterocycles. The van der Waals surface area contributed by atoms with Crippen LogP contribution in [0.15, 0.2) is 72.8 Å². The third kappa shape index (κ3) is 5.10. The van der Waals surface area contributed by atoms with Gasteiger partial charge in [-0.15, -0.1) is 0 Å². The van der Waals surface area contributed by atoms with Crippen LogP contribution in [0.1, 0.15) is 50.3 Å². The van der Waals surface area contributed by atoms with Gasteiger partial charge in [0.1, 0.15) is 0 Å². The molecule has 0 atom stereocenters. The van der Waals surface area contributed by atoms with Crippen molar-refractivity contribution >= 4 is 17.1 Å². The number of hydrogen-bond acceptors (Lipinski definition) is 4. The summed E-state index contributed by atoms with van der Waals surface area (Å²) in [5, 5.41) is 11.1. The third-order valence-corrected chi connectivity index (χ3v) is 6.15. The van der Waals surface area contributed by atoms with Gasteiger partial charge < -0.3 is 9.80 Å². The van der Waals surface area contributed by atoms with Crippen molar-refractivity contribution < 1.29 is 4.92 Å². The van der Waals surface area contributed by atoms with Crippen molar-refractivity contribution in [1.29, 1.82) is 0 Å². The molecule has 32 heavy (non-hydrogen) atoms. The van der Waals surface area contributed by atoms with Crippen LogP contribution in [-0.2, 0) is 0 Å². The normalized spacial score (nSPS) is 10.9. The van der Waals surface area contributed by atoms with Crippen molar-refractivity contribution in [2.75, 3.05) is 36.0 Å². The highest BCUT2D eigenvalue weighted by atomic mass is 16.6. The van der Waals surface area contributed by atoms with Gasteiger partial charge in [-0.3, -0.25) is 10.1 Å². The Morgan fingerprint density at radius 2 is 0.938 bits per heavy atom. The molecule has 0 fully saturated rings. The Morgan fingerprint density at radius 3 is 1.22 bits per heavy atom. The molecule has 0 spiro atoms. The second-order valence-corrected chi connectivity index (χ2v) is 7.81. The highest BCUT2D eigenvalue weighted by molar-refractivity contribution is 5.54. The quantitative estimate of drug-likeness (QED) is 0.210. The van der Waals surface area contributed by atoms with Crippen molar-refractivity contribution in [2.45, 2.75) is 33.6 Å². The first-order valence-electron chi connectivity index (χ1n) is 11.5. The van der Waals surface area contributed by atoms with E-state index in [0.29, 0.717) is 0 Å². The molecule has 0 unspecified atom stereocenters. The molecule has 3 aromatic carbocycles. The third-order valence-electron chi connectivity index (χ3n) is 6.15. The summed E-state index contributed by atoms with van der Waals surface area (Å²) in [5.41, 5.74) is 5.91. The standard InChI is InChI=1S/C27H33N3O2/c1-5-28(6-2)24-15-9-21(10-16-24)27(23-13-19-26(20-14-23)30(31)32)22-11-17-25(18-12-22)29(7-3)8-4/h9-20,27H,5-8H2,1-4H3. The number of hydrogen-bond donors (Lipinski definition) is 0. The SMILES string of the molecule is CCN(CC)c1ccc(C(c2ccc(N(CC)CC)cc2)c2ccc([N+](=O)[O-])cc2)cc1. The molecule has 0 amide bonds. The van der Waals surface area contributed by atoms with Crippen LogP contribution in [0.25, 0.3) is 0 Å². The van der Waals surface area contributed by atoms with Gasteiger partial charge >= 0.3 is 0 Å². The summed E-state index contributed by atoms with van der Waals surface area (Å²) < 4.78 is 0. The van der Waals surface area contributed by atoms with Crippen LogP contribution in [0.2, 0.25) is 0 Å². The maximum absolute atomic E-state index is 11.1. The van der Waals surface area contributed by atoms with E-state index in [1.54, 1.807) is 12.1 Å². The fourth-order valence-electron chi connectivity index (χ4n) is 4.30. The molecule has 168 valence electrons. The van der Waals surface area contributed by atoms with E-state index in [9.17, 15) is 10.1 Å². The van der Waals surface area contributed by atoms with Gasteiger partial charge in [0, 0.05) is 55.6 Å². The molecule has 0 heterocycles. The van der Waals surface area contributed by atoms with Gasteiger partial charge in [-0.25, -0.2) is 0 Å². The van der Waals surface area contributed by atoms with Gasteiger partial charge in [0.15, 0.2) is 0 Å². The van der Waals surface area contributed by atoms with Crippen molar-refractivity contribution in [3.8, 4) is 0 Å². The maximum Gasteiger partial charge on any atom is 0.269 e. The predicted octanol–water partition coefficient (Wildman–Crippen LogP) is 6.47. The second-order valence-electron chi connectivity index (χ2n) is 7.81. The molecular weight excluding hydrogens is 398 g/mol. The van der Waals surface area contributed by atoms with Gasteiger partial charge in [-0.05, 0) is 68.7 Å². The van der Waals surface area contributed by atoms with E-state index >= 15 is 0 Å². The topological polar surface area (TPSA) is 49.6 Å². The Balaban J connectivity index is 2.02. The smallest absolute Gasteiger partial charge is 0.269 e. The molecule has 0 saturated heterocycles. The summed E-state index contributed by atoms with van der Waals surface area (Å²) in [6, 6.07) is 24.3. The monoisotopic (exact) mass is 431 g/mol.